The lowest BCUT2D eigenvalue weighted by atomic mass is 10.2. The van der Waals surface area contributed by atoms with E-state index >= 15 is 0 Å². The molecule has 1 nitrogen and oxygen atoms in total. The monoisotopic (exact) mass is 144 g/mol. The van der Waals surface area contributed by atoms with E-state index in [0.29, 0.717) is 0 Å². The van der Waals surface area contributed by atoms with E-state index in [0.717, 1.165) is 13.2 Å². The number of rotatable bonds is 0. The Morgan fingerprint density at radius 3 is 1.78 bits per heavy atom. The van der Waals surface area contributed by atoms with Crippen LogP contribution in [0.1, 0.15) is 26.2 Å². The third-order valence-corrected chi connectivity index (χ3v) is 1.08. The summed E-state index contributed by atoms with van der Waals surface area (Å²) >= 11 is 1.37. The van der Waals surface area contributed by atoms with Gasteiger partial charge in [-0.3, -0.25) is 0 Å². The van der Waals surface area contributed by atoms with Crippen LogP contribution < -0.4 is 0 Å². The average Bonchev–Trinajstić information content (AvgIpc) is 1.93. The first kappa shape index (κ1) is 9.49. The zero-order chi connectivity index (χ0) is 6.95. The molecule has 0 aromatic heterocycles. The van der Waals surface area contributed by atoms with Gasteiger partial charge in [-0.25, -0.2) is 0 Å². The van der Waals surface area contributed by atoms with E-state index in [1.807, 2.05) is 0 Å². The van der Waals surface area contributed by atoms with Gasteiger partial charge in [0, 0.05) is 13.2 Å². The van der Waals surface area contributed by atoms with Crippen molar-refractivity contribution in [1.29, 1.82) is 0 Å². The molecule has 54 valence electrons. The average molecular weight is 144 g/mol. The normalized spacial score (nSPS) is 17.9. The summed E-state index contributed by atoms with van der Waals surface area (Å²) in [4.78, 5) is 0. The molecule has 1 rings (SSSR count). The first-order chi connectivity index (χ1) is 4.41. The fourth-order valence-corrected chi connectivity index (χ4v) is 0.687. The lowest BCUT2D eigenvalue weighted by Crippen LogP contribution is -2.03. The molecular weight excluding hydrogens is 127 g/mol. The minimum Gasteiger partial charge on any atom is -0.381 e. The SMILES string of the molecule is C1CCOCC1.C[CH2][AlH2]. The van der Waals surface area contributed by atoms with Crippen molar-refractivity contribution >= 4 is 16.3 Å². The molecule has 1 fully saturated rings. The maximum absolute atomic E-state index is 5.07. The molecule has 1 heterocycles. The number of hydrogen-bond acceptors (Lipinski definition) is 1. The van der Waals surface area contributed by atoms with Crippen LogP contribution in [0.5, 0.6) is 0 Å². The molecule has 1 saturated heterocycles. The lowest BCUT2D eigenvalue weighted by Gasteiger charge is -2.08. The quantitative estimate of drug-likeness (QED) is 0.465. The molecule has 0 N–H and O–H groups in total. The van der Waals surface area contributed by atoms with Gasteiger partial charge in [-0.05, 0) is 19.3 Å². The van der Waals surface area contributed by atoms with Crippen LogP contribution in [0.2, 0.25) is 5.28 Å². The molecule has 1 aliphatic heterocycles. The van der Waals surface area contributed by atoms with Crippen LogP contribution in [0.25, 0.3) is 0 Å². The molecule has 2 heteroatoms. The van der Waals surface area contributed by atoms with E-state index < -0.39 is 0 Å². The second kappa shape index (κ2) is 8.49. The molecule has 0 saturated carbocycles. The van der Waals surface area contributed by atoms with Crippen molar-refractivity contribution in [2.75, 3.05) is 13.2 Å². The molecule has 0 aromatic carbocycles. The van der Waals surface area contributed by atoms with Crippen molar-refractivity contribution < 1.29 is 4.74 Å². The summed E-state index contributed by atoms with van der Waals surface area (Å²) in [5.41, 5.74) is 0. The third-order valence-electron chi connectivity index (χ3n) is 1.08. The Kier molecular flexibility index (Phi) is 8.96. The summed E-state index contributed by atoms with van der Waals surface area (Å²) in [5, 5.41) is 1.39. The molecule has 9 heavy (non-hydrogen) atoms. The van der Waals surface area contributed by atoms with E-state index in [4.69, 9.17) is 4.74 Å². The standard InChI is InChI=1S/C5H10O.C2H5.Al.2H/c1-2-4-6-5-3-1;1-2;;;/h1-5H2;1H2,2H3;;;. The largest absolute Gasteiger partial charge is 0.381 e. The summed E-state index contributed by atoms with van der Waals surface area (Å²) in [7, 11) is 0. The van der Waals surface area contributed by atoms with Gasteiger partial charge in [-0.2, -0.15) is 0 Å². The second-order valence-electron chi connectivity index (χ2n) is 2.38. The molecule has 0 radical (unpaired) electrons. The van der Waals surface area contributed by atoms with Gasteiger partial charge in [0.2, 0.25) is 16.3 Å². The molecule has 0 aliphatic carbocycles. The van der Waals surface area contributed by atoms with E-state index in [9.17, 15) is 0 Å². The first-order valence-corrected chi connectivity index (χ1v) is 5.41. The zero-order valence-electron chi connectivity index (χ0n) is 6.65. The number of ether oxygens (including phenoxy) is 1. The Morgan fingerprint density at radius 2 is 1.67 bits per heavy atom. The van der Waals surface area contributed by atoms with Crippen LogP contribution in [0.15, 0.2) is 0 Å². The van der Waals surface area contributed by atoms with Crippen LogP contribution in [0, 0.1) is 0 Å². The molecule has 0 aromatic rings. The molecule has 0 unspecified atom stereocenters. The minimum absolute atomic E-state index is 1.00. The van der Waals surface area contributed by atoms with Crippen molar-refractivity contribution in [2.45, 2.75) is 31.5 Å². The second-order valence-corrected chi connectivity index (χ2v) is 3.79. The predicted octanol–water partition coefficient (Wildman–Crippen LogP) is 1.24. The zero-order valence-corrected chi connectivity index (χ0v) is 8.65. The summed E-state index contributed by atoms with van der Waals surface area (Å²) in [6.07, 6.45) is 3.93. The molecule has 0 atom stereocenters. The fraction of sp³-hybridized carbons (Fsp3) is 1.00. The maximum Gasteiger partial charge on any atom is 0.211 e. The Labute approximate surface area is 66.2 Å². The van der Waals surface area contributed by atoms with Crippen LogP contribution >= 0.6 is 0 Å². The van der Waals surface area contributed by atoms with E-state index in [1.165, 1.54) is 40.8 Å². The number of hydrogen-bond donors (Lipinski definition) is 0. The molecule has 0 spiro atoms. The van der Waals surface area contributed by atoms with Crippen LogP contribution in [-0.2, 0) is 4.74 Å². The van der Waals surface area contributed by atoms with E-state index in [1.54, 1.807) is 0 Å². The summed E-state index contributed by atoms with van der Waals surface area (Å²) in [6, 6.07) is 0. The maximum atomic E-state index is 5.07. The first-order valence-electron chi connectivity index (χ1n) is 3.99. The van der Waals surface area contributed by atoms with Crippen molar-refractivity contribution in [2.24, 2.45) is 0 Å². The van der Waals surface area contributed by atoms with Crippen molar-refractivity contribution in [3.63, 3.8) is 0 Å². The third kappa shape index (κ3) is 8.49. The highest BCUT2D eigenvalue weighted by atomic mass is 27.0. The Bertz CT molecular complexity index is 32.7. The van der Waals surface area contributed by atoms with Gasteiger partial charge in [0.25, 0.3) is 0 Å². The summed E-state index contributed by atoms with van der Waals surface area (Å²) in [6.45, 7) is 4.19. The van der Waals surface area contributed by atoms with Gasteiger partial charge in [-0.1, -0.05) is 6.92 Å². The van der Waals surface area contributed by atoms with Gasteiger partial charge >= 0.3 is 0 Å². The van der Waals surface area contributed by atoms with Gasteiger partial charge in [-0.15, -0.1) is 5.28 Å². The van der Waals surface area contributed by atoms with Crippen LogP contribution in [0.3, 0.4) is 0 Å². The Balaban J connectivity index is 0.000000187. The van der Waals surface area contributed by atoms with Crippen molar-refractivity contribution in [3.05, 3.63) is 0 Å². The van der Waals surface area contributed by atoms with Crippen LogP contribution in [0.4, 0.5) is 0 Å². The summed E-state index contributed by atoms with van der Waals surface area (Å²) < 4.78 is 5.07. The molecular formula is C7H17AlO. The van der Waals surface area contributed by atoms with Gasteiger partial charge in [0.1, 0.15) is 0 Å². The van der Waals surface area contributed by atoms with Crippen molar-refractivity contribution in [3.8, 4) is 0 Å². The molecule has 1 aliphatic rings. The predicted molar refractivity (Wildman–Crippen MR) is 43.7 cm³/mol. The Morgan fingerprint density at radius 1 is 1.22 bits per heavy atom. The van der Waals surface area contributed by atoms with Gasteiger partial charge in [0.15, 0.2) is 0 Å². The Hall–Kier alpha value is 0.492. The topological polar surface area (TPSA) is 9.23 Å². The molecule has 0 bridgehead atoms. The molecule has 0 amide bonds. The van der Waals surface area contributed by atoms with E-state index in [2.05, 4.69) is 6.92 Å². The van der Waals surface area contributed by atoms with Gasteiger partial charge < -0.3 is 4.74 Å². The fourth-order valence-electron chi connectivity index (χ4n) is 0.687. The van der Waals surface area contributed by atoms with Gasteiger partial charge in [0.05, 0.1) is 0 Å². The van der Waals surface area contributed by atoms with E-state index in [-0.39, 0.29) is 0 Å². The van der Waals surface area contributed by atoms with Crippen molar-refractivity contribution in [1.82, 2.24) is 0 Å². The highest BCUT2D eigenvalue weighted by molar-refractivity contribution is 6.08. The lowest BCUT2D eigenvalue weighted by molar-refractivity contribution is 0.0968. The smallest absolute Gasteiger partial charge is 0.211 e. The summed E-state index contributed by atoms with van der Waals surface area (Å²) in [5.74, 6) is 0. The minimum atomic E-state index is 1.00. The van der Waals surface area contributed by atoms with Crippen LogP contribution in [-0.4, -0.2) is 29.5 Å². The highest BCUT2D eigenvalue weighted by Gasteiger charge is 1.94. The highest BCUT2D eigenvalue weighted by Crippen LogP contribution is 2.02.